The van der Waals surface area contributed by atoms with E-state index in [2.05, 4.69) is 21.0 Å². The summed E-state index contributed by atoms with van der Waals surface area (Å²) in [7, 11) is 0. The van der Waals surface area contributed by atoms with Gasteiger partial charge in [0.15, 0.2) is 4.64 Å². The normalized spacial score (nSPS) is 23.6. The summed E-state index contributed by atoms with van der Waals surface area (Å²) in [4.78, 5) is 11.4. The minimum atomic E-state index is 0.192. The van der Waals surface area contributed by atoms with Crippen LogP contribution in [0.15, 0.2) is 24.8 Å². The summed E-state index contributed by atoms with van der Waals surface area (Å²) in [6.45, 7) is 0.192. The molecule has 0 unspecified atom stereocenters. The van der Waals surface area contributed by atoms with Crippen molar-refractivity contribution < 1.29 is 5.11 Å². The highest BCUT2D eigenvalue weighted by molar-refractivity contribution is 7.71. The third-order valence-corrected chi connectivity index (χ3v) is 3.42. The second kappa shape index (κ2) is 4.05. The molecule has 5 nitrogen and oxygen atoms in total. The molecule has 0 fully saturated rings. The van der Waals surface area contributed by atoms with Crippen LogP contribution in [0, 0.1) is 10.6 Å². The maximum atomic E-state index is 9.13. The number of hydrogen-bond acceptors (Lipinski definition) is 4. The molecule has 0 saturated carbocycles. The van der Waals surface area contributed by atoms with E-state index in [0.29, 0.717) is 4.64 Å². The van der Waals surface area contributed by atoms with Crippen LogP contribution >= 0.6 is 12.2 Å². The van der Waals surface area contributed by atoms with E-state index in [9.17, 15) is 0 Å². The first-order valence-electron chi connectivity index (χ1n) is 5.49. The van der Waals surface area contributed by atoms with Gasteiger partial charge in [-0.05, 0) is 6.42 Å². The molecule has 2 heterocycles. The number of H-pyrrole nitrogens is 1. The Balaban J connectivity index is 2.05. The zero-order chi connectivity index (χ0) is 11.8. The Morgan fingerprint density at radius 2 is 2.35 bits per heavy atom. The van der Waals surface area contributed by atoms with E-state index in [1.54, 1.807) is 12.7 Å². The molecular formula is C11H12N4OS. The largest absolute Gasteiger partial charge is 0.396 e. The zero-order valence-electron chi connectivity index (χ0n) is 9.08. The molecule has 2 atom stereocenters. The van der Waals surface area contributed by atoms with E-state index in [-0.39, 0.29) is 18.6 Å². The SMILES string of the molecule is OC[C@H]1C=C[C@@H](n2cnc3c(=S)nc[nH]c32)C1. The minimum absolute atomic E-state index is 0.192. The van der Waals surface area contributed by atoms with E-state index in [1.807, 2.05) is 10.6 Å². The van der Waals surface area contributed by atoms with Gasteiger partial charge in [-0.1, -0.05) is 24.4 Å². The standard InChI is InChI=1S/C11H12N4OS/c16-4-7-1-2-8(3-7)15-6-14-9-10(15)12-5-13-11(9)17/h1-2,5-8,16H,3-4H2,(H,12,13,17)/t7-,8+/m0/s1. The van der Waals surface area contributed by atoms with E-state index >= 15 is 0 Å². The minimum Gasteiger partial charge on any atom is -0.396 e. The molecular weight excluding hydrogens is 236 g/mol. The molecule has 17 heavy (non-hydrogen) atoms. The molecule has 0 saturated heterocycles. The van der Waals surface area contributed by atoms with Crippen molar-refractivity contribution in [2.45, 2.75) is 12.5 Å². The van der Waals surface area contributed by atoms with E-state index < -0.39 is 0 Å². The van der Waals surface area contributed by atoms with Gasteiger partial charge in [0.05, 0.1) is 18.7 Å². The molecule has 0 radical (unpaired) electrons. The van der Waals surface area contributed by atoms with Crippen molar-refractivity contribution in [1.82, 2.24) is 19.5 Å². The molecule has 0 spiro atoms. The fraction of sp³-hybridized carbons (Fsp3) is 0.364. The molecule has 88 valence electrons. The average molecular weight is 248 g/mol. The van der Waals surface area contributed by atoms with Gasteiger partial charge in [0.2, 0.25) is 0 Å². The summed E-state index contributed by atoms with van der Waals surface area (Å²) in [6, 6.07) is 0.227. The Kier molecular flexibility index (Phi) is 2.53. The molecule has 6 heteroatoms. The topological polar surface area (TPSA) is 66.7 Å². The van der Waals surface area contributed by atoms with Gasteiger partial charge in [0.1, 0.15) is 11.2 Å². The maximum Gasteiger partial charge on any atom is 0.157 e. The van der Waals surface area contributed by atoms with E-state index in [0.717, 1.165) is 17.6 Å². The summed E-state index contributed by atoms with van der Waals surface area (Å²) in [5.74, 6) is 0.238. The monoisotopic (exact) mass is 248 g/mol. The van der Waals surface area contributed by atoms with Crippen LogP contribution in [0.25, 0.3) is 11.2 Å². The second-order valence-electron chi connectivity index (χ2n) is 4.19. The summed E-state index contributed by atoms with van der Waals surface area (Å²) in [5.41, 5.74) is 1.61. The number of fused-ring (bicyclic) bond motifs is 1. The van der Waals surface area contributed by atoms with Gasteiger partial charge >= 0.3 is 0 Å². The average Bonchev–Trinajstić information content (AvgIpc) is 2.94. The van der Waals surface area contributed by atoms with Gasteiger partial charge in [-0.25, -0.2) is 9.97 Å². The van der Waals surface area contributed by atoms with E-state index in [4.69, 9.17) is 17.3 Å². The first kappa shape index (κ1) is 10.6. The Hall–Kier alpha value is -1.53. The third kappa shape index (κ3) is 1.69. The first-order chi connectivity index (χ1) is 8.29. The van der Waals surface area contributed by atoms with Crippen LogP contribution in [0.3, 0.4) is 0 Å². The number of nitrogens with zero attached hydrogens (tertiary/aromatic N) is 3. The molecule has 3 rings (SSSR count). The van der Waals surface area contributed by atoms with Crippen molar-refractivity contribution in [3.63, 3.8) is 0 Å². The molecule has 0 amide bonds. The lowest BCUT2D eigenvalue weighted by Crippen LogP contribution is -2.07. The maximum absolute atomic E-state index is 9.13. The number of aliphatic hydroxyl groups excluding tert-OH is 1. The lowest BCUT2D eigenvalue weighted by atomic mass is 10.1. The number of aliphatic hydroxyl groups is 1. The first-order valence-corrected chi connectivity index (χ1v) is 5.90. The molecule has 0 aromatic carbocycles. The van der Waals surface area contributed by atoms with Crippen molar-refractivity contribution in [2.24, 2.45) is 5.92 Å². The highest BCUT2D eigenvalue weighted by Gasteiger charge is 2.21. The van der Waals surface area contributed by atoms with Crippen LogP contribution in [0.1, 0.15) is 12.5 Å². The van der Waals surface area contributed by atoms with Crippen molar-refractivity contribution >= 4 is 23.4 Å². The molecule has 2 N–H and O–H groups in total. The lowest BCUT2D eigenvalue weighted by molar-refractivity contribution is 0.244. The fourth-order valence-corrected chi connectivity index (χ4v) is 2.42. The van der Waals surface area contributed by atoms with Gasteiger partial charge < -0.3 is 14.7 Å². The summed E-state index contributed by atoms with van der Waals surface area (Å²) in [6.07, 6.45) is 8.40. The van der Waals surface area contributed by atoms with Gasteiger partial charge in [0.25, 0.3) is 0 Å². The van der Waals surface area contributed by atoms with Crippen molar-refractivity contribution in [1.29, 1.82) is 0 Å². The summed E-state index contributed by atoms with van der Waals surface area (Å²) in [5, 5.41) is 9.13. The number of aromatic amines is 1. The van der Waals surface area contributed by atoms with Crippen molar-refractivity contribution in [2.75, 3.05) is 6.61 Å². The molecule has 2 aromatic heterocycles. The molecule has 0 bridgehead atoms. The van der Waals surface area contributed by atoms with Crippen LogP contribution < -0.4 is 0 Å². The quantitative estimate of drug-likeness (QED) is 0.625. The Labute approximate surface area is 103 Å². The number of rotatable bonds is 2. The van der Waals surface area contributed by atoms with Gasteiger partial charge in [0, 0.05) is 12.5 Å². The summed E-state index contributed by atoms with van der Waals surface area (Å²) < 4.78 is 2.55. The molecule has 2 aromatic rings. The van der Waals surface area contributed by atoms with Crippen molar-refractivity contribution in [3.8, 4) is 0 Å². The van der Waals surface area contributed by atoms with Crippen LogP contribution in [0.4, 0.5) is 0 Å². The van der Waals surface area contributed by atoms with Crippen LogP contribution in [0.5, 0.6) is 0 Å². The molecule has 1 aliphatic carbocycles. The zero-order valence-corrected chi connectivity index (χ0v) is 9.89. The van der Waals surface area contributed by atoms with Gasteiger partial charge in [-0.15, -0.1) is 0 Å². The van der Waals surface area contributed by atoms with Gasteiger partial charge in [-0.2, -0.15) is 0 Å². The highest BCUT2D eigenvalue weighted by atomic mass is 32.1. The fourth-order valence-electron chi connectivity index (χ4n) is 2.22. The number of allylic oxidation sites excluding steroid dienone is 1. The third-order valence-electron chi connectivity index (χ3n) is 3.12. The van der Waals surface area contributed by atoms with Crippen LogP contribution in [-0.2, 0) is 0 Å². The Morgan fingerprint density at radius 1 is 1.47 bits per heavy atom. The Morgan fingerprint density at radius 3 is 3.12 bits per heavy atom. The van der Waals surface area contributed by atoms with Crippen molar-refractivity contribution in [3.05, 3.63) is 29.4 Å². The number of imidazole rings is 1. The van der Waals surface area contributed by atoms with Crippen LogP contribution in [0.2, 0.25) is 0 Å². The predicted molar refractivity (Wildman–Crippen MR) is 66.1 cm³/mol. The molecule has 0 aliphatic heterocycles. The number of nitrogens with one attached hydrogen (secondary N) is 1. The van der Waals surface area contributed by atoms with Crippen LogP contribution in [-0.4, -0.2) is 31.2 Å². The summed E-state index contributed by atoms with van der Waals surface area (Å²) >= 11 is 5.12. The van der Waals surface area contributed by atoms with Gasteiger partial charge in [-0.3, -0.25) is 0 Å². The number of hydrogen-bond donors (Lipinski definition) is 2. The van der Waals surface area contributed by atoms with E-state index in [1.165, 1.54) is 0 Å². The smallest absolute Gasteiger partial charge is 0.157 e. The highest BCUT2D eigenvalue weighted by Crippen LogP contribution is 2.29. The predicted octanol–water partition coefficient (Wildman–Crippen LogP) is 1.60. The molecule has 1 aliphatic rings. The Bertz CT molecular complexity index is 630. The lowest BCUT2D eigenvalue weighted by Gasteiger charge is -2.12. The second-order valence-corrected chi connectivity index (χ2v) is 4.57. The number of aromatic nitrogens is 4.